The number of allylic oxidation sites excluding steroid dienone is 2. The molecule has 0 aliphatic rings. The topological polar surface area (TPSA) is 42.2 Å². The van der Waals surface area contributed by atoms with Gasteiger partial charge in [0.25, 0.3) is 0 Å². The lowest BCUT2D eigenvalue weighted by atomic mass is 10.2. The molecule has 0 bridgehead atoms. The van der Waals surface area contributed by atoms with E-state index in [1.54, 1.807) is 26.0 Å². The lowest BCUT2D eigenvalue weighted by Crippen LogP contribution is -2.02. The number of carbonyl (C=O) groups excluding carboxylic acids is 1. The minimum atomic E-state index is -0.723. The molecule has 0 aliphatic heterocycles. The Bertz CT molecular complexity index is 674. The second kappa shape index (κ2) is 5.69. The van der Waals surface area contributed by atoms with Crippen LogP contribution in [0.4, 0.5) is 14.5 Å². The van der Waals surface area contributed by atoms with Crippen LogP contribution in [-0.4, -0.2) is 5.78 Å². The quantitative estimate of drug-likeness (QED) is 0.676. The van der Waals surface area contributed by atoms with E-state index in [1.165, 1.54) is 12.1 Å². The van der Waals surface area contributed by atoms with E-state index in [0.717, 1.165) is 12.1 Å². The molecule has 1 aromatic carbocycles. The molecule has 0 saturated heterocycles. The molecule has 0 spiro atoms. The van der Waals surface area contributed by atoms with E-state index in [2.05, 4.69) is 5.32 Å². The van der Waals surface area contributed by atoms with E-state index in [1.807, 2.05) is 0 Å². The molecular weight excluding hydrogens is 264 g/mol. The van der Waals surface area contributed by atoms with Crippen molar-refractivity contribution in [1.29, 1.82) is 0 Å². The fourth-order valence-corrected chi connectivity index (χ4v) is 1.67. The van der Waals surface area contributed by atoms with E-state index in [9.17, 15) is 13.6 Å². The van der Waals surface area contributed by atoms with Gasteiger partial charge in [0.05, 0.1) is 5.69 Å². The van der Waals surface area contributed by atoms with Crippen molar-refractivity contribution in [3.05, 3.63) is 65.3 Å². The van der Waals surface area contributed by atoms with E-state index in [-0.39, 0.29) is 17.2 Å². The first-order valence-electron chi connectivity index (χ1n) is 5.97. The third kappa shape index (κ3) is 3.32. The van der Waals surface area contributed by atoms with Gasteiger partial charge in [-0.15, -0.1) is 0 Å². The van der Waals surface area contributed by atoms with Crippen molar-refractivity contribution in [3.8, 4) is 0 Å². The number of ketones is 1. The fourth-order valence-electron chi connectivity index (χ4n) is 1.67. The third-order valence-electron chi connectivity index (χ3n) is 2.59. The zero-order chi connectivity index (χ0) is 14.7. The Balaban J connectivity index is 2.13. The minimum absolute atomic E-state index is 0.101. The van der Waals surface area contributed by atoms with Gasteiger partial charge in [-0.2, -0.15) is 0 Å². The number of aryl methyl sites for hydroxylation is 1. The van der Waals surface area contributed by atoms with Crippen LogP contribution in [0.25, 0.3) is 0 Å². The molecule has 1 N–H and O–H groups in total. The van der Waals surface area contributed by atoms with E-state index in [4.69, 9.17) is 4.42 Å². The van der Waals surface area contributed by atoms with E-state index < -0.39 is 11.6 Å². The maximum absolute atomic E-state index is 13.4. The highest BCUT2D eigenvalue weighted by Gasteiger charge is 2.09. The molecule has 2 aromatic rings. The van der Waals surface area contributed by atoms with Crippen molar-refractivity contribution < 1.29 is 18.0 Å². The Hall–Kier alpha value is -2.43. The highest BCUT2D eigenvalue weighted by Crippen LogP contribution is 2.17. The van der Waals surface area contributed by atoms with Gasteiger partial charge in [0.2, 0.25) is 5.78 Å². The Morgan fingerprint density at radius 1 is 1.25 bits per heavy atom. The summed E-state index contributed by atoms with van der Waals surface area (Å²) in [5, 5.41) is 2.70. The summed E-state index contributed by atoms with van der Waals surface area (Å²) in [4.78, 5) is 11.8. The monoisotopic (exact) mass is 277 g/mol. The van der Waals surface area contributed by atoms with Crippen LogP contribution in [0.3, 0.4) is 0 Å². The van der Waals surface area contributed by atoms with Crippen LogP contribution in [0.2, 0.25) is 0 Å². The summed E-state index contributed by atoms with van der Waals surface area (Å²) >= 11 is 0. The molecule has 5 heteroatoms. The fraction of sp³-hybridized carbons (Fsp3) is 0.133. The normalized spacial score (nSPS) is 11.5. The molecule has 0 atom stereocenters. The zero-order valence-electron chi connectivity index (χ0n) is 11.0. The number of nitrogens with one attached hydrogen (secondary N) is 1. The summed E-state index contributed by atoms with van der Waals surface area (Å²) in [6.45, 7) is 3.34. The average Bonchev–Trinajstić information content (AvgIpc) is 2.79. The van der Waals surface area contributed by atoms with Gasteiger partial charge in [0.1, 0.15) is 17.4 Å². The van der Waals surface area contributed by atoms with Gasteiger partial charge in [-0.25, -0.2) is 8.78 Å². The van der Waals surface area contributed by atoms with Gasteiger partial charge < -0.3 is 9.73 Å². The first kappa shape index (κ1) is 14.0. The number of rotatable bonds is 4. The Kier molecular flexibility index (Phi) is 3.98. The SMILES string of the molecule is CC(=CC(=O)c1ccc(C)o1)Nc1ccc(F)cc1F. The number of benzene rings is 1. The molecule has 20 heavy (non-hydrogen) atoms. The lowest BCUT2D eigenvalue weighted by Gasteiger charge is -2.07. The number of hydrogen-bond donors (Lipinski definition) is 1. The Morgan fingerprint density at radius 2 is 2.00 bits per heavy atom. The largest absolute Gasteiger partial charge is 0.458 e. The molecule has 3 nitrogen and oxygen atoms in total. The summed E-state index contributed by atoms with van der Waals surface area (Å²) in [6, 6.07) is 6.43. The maximum Gasteiger partial charge on any atom is 0.222 e. The molecular formula is C15H13F2NO2. The molecule has 0 radical (unpaired) electrons. The molecule has 0 amide bonds. The smallest absolute Gasteiger partial charge is 0.222 e. The Morgan fingerprint density at radius 3 is 2.60 bits per heavy atom. The molecule has 104 valence electrons. The highest BCUT2D eigenvalue weighted by molar-refractivity contribution is 6.03. The van der Waals surface area contributed by atoms with Gasteiger partial charge in [0, 0.05) is 17.8 Å². The van der Waals surface area contributed by atoms with Crippen LogP contribution in [-0.2, 0) is 0 Å². The van der Waals surface area contributed by atoms with Crippen LogP contribution in [0.5, 0.6) is 0 Å². The van der Waals surface area contributed by atoms with Crippen LogP contribution in [0.1, 0.15) is 23.2 Å². The maximum atomic E-state index is 13.4. The summed E-state index contributed by atoms with van der Waals surface area (Å²) in [5.74, 6) is -0.860. The zero-order valence-corrected chi connectivity index (χ0v) is 11.0. The van der Waals surface area contributed by atoms with Gasteiger partial charge >= 0.3 is 0 Å². The predicted octanol–water partition coefficient (Wildman–Crippen LogP) is 4.06. The van der Waals surface area contributed by atoms with Crippen molar-refractivity contribution in [3.63, 3.8) is 0 Å². The summed E-state index contributed by atoms with van der Waals surface area (Å²) in [5.41, 5.74) is 0.526. The number of hydrogen-bond acceptors (Lipinski definition) is 3. The minimum Gasteiger partial charge on any atom is -0.458 e. The van der Waals surface area contributed by atoms with E-state index in [0.29, 0.717) is 11.5 Å². The molecule has 0 aliphatic carbocycles. The van der Waals surface area contributed by atoms with Crippen molar-refractivity contribution in [2.24, 2.45) is 0 Å². The molecule has 1 aromatic heterocycles. The molecule has 0 saturated carbocycles. The number of furan rings is 1. The molecule has 2 rings (SSSR count). The lowest BCUT2D eigenvalue weighted by molar-refractivity contribution is 0.102. The highest BCUT2D eigenvalue weighted by atomic mass is 19.1. The second-order valence-corrected chi connectivity index (χ2v) is 4.35. The summed E-state index contributed by atoms with van der Waals surface area (Å²) < 4.78 is 31.4. The first-order valence-corrected chi connectivity index (χ1v) is 5.97. The van der Waals surface area contributed by atoms with Gasteiger partial charge in [-0.3, -0.25) is 4.79 Å². The van der Waals surface area contributed by atoms with E-state index >= 15 is 0 Å². The first-order chi connectivity index (χ1) is 9.45. The number of anilines is 1. The van der Waals surface area contributed by atoms with Crippen LogP contribution in [0.15, 0.2) is 46.5 Å². The van der Waals surface area contributed by atoms with Crippen molar-refractivity contribution in [2.75, 3.05) is 5.32 Å². The average molecular weight is 277 g/mol. The molecule has 1 heterocycles. The van der Waals surface area contributed by atoms with Crippen LogP contribution >= 0.6 is 0 Å². The molecule has 0 fully saturated rings. The van der Waals surface area contributed by atoms with Crippen molar-refractivity contribution in [1.82, 2.24) is 0 Å². The third-order valence-corrected chi connectivity index (χ3v) is 2.59. The van der Waals surface area contributed by atoms with Gasteiger partial charge in [-0.1, -0.05) is 0 Å². The molecule has 0 unspecified atom stereocenters. The predicted molar refractivity (Wildman–Crippen MR) is 71.5 cm³/mol. The number of carbonyl (C=O) groups is 1. The van der Waals surface area contributed by atoms with Gasteiger partial charge in [0.15, 0.2) is 5.76 Å². The van der Waals surface area contributed by atoms with Crippen LogP contribution < -0.4 is 5.32 Å². The summed E-state index contributed by atoms with van der Waals surface area (Å²) in [7, 11) is 0. The van der Waals surface area contributed by atoms with Gasteiger partial charge in [-0.05, 0) is 38.1 Å². The Labute approximate surface area is 114 Å². The second-order valence-electron chi connectivity index (χ2n) is 4.35. The van der Waals surface area contributed by atoms with Crippen molar-refractivity contribution >= 4 is 11.5 Å². The summed E-state index contributed by atoms with van der Waals surface area (Å²) in [6.07, 6.45) is 1.29. The standard InChI is InChI=1S/C15H13F2NO2/c1-9(7-14(19)15-6-3-10(2)20-15)18-13-5-4-11(16)8-12(13)17/h3-8,18H,1-2H3. The van der Waals surface area contributed by atoms with Crippen molar-refractivity contribution in [2.45, 2.75) is 13.8 Å². The van der Waals surface area contributed by atoms with Crippen LogP contribution in [0, 0.1) is 18.6 Å². The number of halogens is 2.